The summed E-state index contributed by atoms with van der Waals surface area (Å²) in [5, 5.41) is 17.1. The molecule has 0 spiro atoms. The summed E-state index contributed by atoms with van der Waals surface area (Å²) in [4.78, 5) is 0. The van der Waals surface area contributed by atoms with Gasteiger partial charge in [0.15, 0.2) is 0 Å². The minimum Gasteiger partial charge on any atom is -0.467 e. The first-order chi connectivity index (χ1) is 4.75. The van der Waals surface area contributed by atoms with Crippen LogP contribution in [0.4, 0.5) is 5.82 Å². The number of hydrogen-bond donors (Lipinski definition) is 3. The van der Waals surface area contributed by atoms with E-state index >= 15 is 0 Å². The van der Waals surface area contributed by atoms with Crippen LogP contribution in [0, 0.1) is 5.41 Å². The molecule has 0 amide bonds. The molecule has 6 heteroatoms. The van der Waals surface area contributed by atoms with Gasteiger partial charge in [-0.05, 0) is 5.82 Å². The van der Waals surface area contributed by atoms with Crippen LogP contribution in [0.3, 0.4) is 0 Å². The molecular formula is C5H8KN5. The third kappa shape index (κ3) is 2.57. The van der Waals surface area contributed by atoms with Crippen LogP contribution in [-0.4, -0.2) is 23.1 Å². The third-order valence-electron chi connectivity index (χ3n) is 1.13. The van der Waals surface area contributed by atoms with Gasteiger partial charge in [0.25, 0.3) is 0 Å². The van der Waals surface area contributed by atoms with E-state index in [1.807, 2.05) is 0 Å². The van der Waals surface area contributed by atoms with Crippen molar-refractivity contribution in [2.24, 2.45) is 5.73 Å². The minimum atomic E-state index is -0.0191. The van der Waals surface area contributed by atoms with E-state index in [0.29, 0.717) is 11.4 Å². The summed E-state index contributed by atoms with van der Waals surface area (Å²) in [7, 11) is 1.61. The normalized spacial score (nSPS) is 8.45. The summed E-state index contributed by atoms with van der Waals surface area (Å²) >= 11 is 0. The summed E-state index contributed by atoms with van der Waals surface area (Å²) in [5.74, 6) is 0.529. The average Bonchev–Trinajstić information content (AvgIpc) is 2.33. The summed E-state index contributed by atoms with van der Waals surface area (Å²) in [6.45, 7) is 0. The van der Waals surface area contributed by atoms with Gasteiger partial charge in [0.05, 0.1) is 0 Å². The molecule has 0 aliphatic carbocycles. The Morgan fingerprint density at radius 2 is 2.45 bits per heavy atom. The maximum absolute atomic E-state index is 7.05. The first-order valence-electron chi connectivity index (χ1n) is 2.73. The van der Waals surface area contributed by atoms with Gasteiger partial charge in [-0.2, -0.15) is 0 Å². The second-order valence-electron chi connectivity index (χ2n) is 1.77. The molecule has 54 valence electrons. The number of nitrogens with one attached hydrogen (secondary N) is 2. The number of amidine groups is 1. The molecular weight excluding hydrogens is 169 g/mol. The van der Waals surface area contributed by atoms with Crippen molar-refractivity contribution in [1.82, 2.24) is 10.2 Å². The molecule has 11 heavy (non-hydrogen) atoms. The first-order valence-corrected chi connectivity index (χ1v) is 2.73. The number of rotatable bonds is 2. The fourth-order valence-corrected chi connectivity index (χ4v) is 0.647. The molecule has 1 aromatic heterocycles. The van der Waals surface area contributed by atoms with Gasteiger partial charge in [-0.3, -0.25) is 10.5 Å². The molecule has 0 unspecified atom stereocenters. The van der Waals surface area contributed by atoms with E-state index < -0.39 is 0 Å². The Balaban J connectivity index is 0.000001000. The van der Waals surface area contributed by atoms with Crippen molar-refractivity contribution in [3.8, 4) is 0 Å². The van der Waals surface area contributed by atoms with Crippen molar-refractivity contribution in [2.75, 3.05) is 7.05 Å². The van der Waals surface area contributed by atoms with Crippen molar-refractivity contribution >= 4 is 11.7 Å². The van der Waals surface area contributed by atoms with E-state index in [1.165, 1.54) is 6.20 Å². The standard InChI is InChI=1S/C5H8N5.K/c1-8-5-3(4(6)7)2-9-10-5;/h2H,1H3,(H4-,6,7,8,9,10);/q-1;+1. The van der Waals surface area contributed by atoms with Crippen molar-refractivity contribution < 1.29 is 51.4 Å². The zero-order chi connectivity index (χ0) is 7.56. The molecule has 0 aliphatic heterocycles. The van der Waals surface area contributed by atoms with E-state index in [4.69, 9.17) is 11.1 Å². The molecule has 0 aromatic carbocycles. The Morgan fingerprint density at radius 3 is 2.82 bits per heavy atom. The molecule has 0 radical (unpaired) electrons. The molecule has 4 N–H and O–H groups in total. The van der Waals surface area contributed by atoms with E-state index in [1.54, 1.807) is 7.05 Å². The Morgan fingerprint density at radius 1 is 1.82 bits per heavy atom. The van der Waals surface area contributed by atoms with Gasteiger partial charge in [-0.25, -0.2) is 0 Å². The van der Waals surface area contributed by atoms with Crippen molar-refractivity contribution in [3.63, 3.8) is 0 Å². The fraction of sp³-hybridized carbons (Fsp3) is 0.200. The second-order valence-corrected chi connectivity index (χ2v) is 1.77. The van der Waals surface area contributed by atoms with Crippen LogP contribution in [0.15, 0.2) is 6.20 Å². The van der Waals surface area contributed by atoms with Gasteiger partial charge in [-0.1, -0.05) is 7.05 Å². The van der Waals surface area contributed by atoms with Crippen molar-refractivity contribution in [3.05, 3.63) is 17.1 Å². The van der Waals surface area contributed by atoms with Crippen LogP contribution in [0.1, 0.15) is 5.56 Å². The Bertz CT molecular complexity index is 243. The van der Waals surface area contributed by atoms with Crippen LogP contribution in [0.2, 0.25) is 0 Å². The van der Waals surface area contributed by atoms with Crippen molar-refractivity contribution in [1.29, 1.82) is 5.41 Å². The maximum Gasteiger partial charge on any atom is 1.00 e. The zero-order valence-corrected chi connectivity index (χ0v) is 9.67. The predicted octanol–water partition coefficient (Wildman–Crippen LogP) is -2.67. The smallest absolute Gasteiger partial charge is 0.467 e. The molecule has 0 atom stereocenters. The molecule has 1 rings (SSSR count). The third-order valence-corrected chi connectivity index (χ3v) is 1.13. The summed E-state index contributed by atoms with van der Waals surface area (Å²) in [5.41, 5.74) is 5.74. The molecule has 0 saturated carbocycles. The molecule has 0 bridgehead atoms. The molecule has 0 saturated heterocycles. The largest absolute Gasteiger partial charge is 1.00 e. The molecule has 5 nitrogen and oxygen atoms in total. The van der Waals surface area contributed by atoms with Crippen LogP contribution >= 0.6 is 0 Å². The van der Waals surface area contributed by atoms with E-state index in [9.17, 15) is 0 Å². The summed E-state index contributed by atoms with van der Waals surface area (Å²) < 4.78 is 0. The van der Waals surface area contributed by atoms with E-state index in [2.05, 4.69) is 15.5 Å². The monoisotopic (exact) mass is 177 g/mol. The number of aromatic amines is 1. The topological polar surface area (TPSA) is 92.6 Å². The molecule has 0 aliphatic rings. The van der Waals surface area contributed by atoms with Gasteiger partial charge in [-0.15, -0.1) is 0 Å². The first kappa shape index (κ1) is 11.1. The van der Waals surface area contributed by atoms with Crippen molar-refractivity contribution in [2.45, 2.75) is 0 Å². The number of aromatic nitrogens is 2. The fourth-order valence-electron chi connectivity index (χ4n) is 0.647. The van der Waals surface area contributed by atoms with Gasteiger partial charge in [0.1, 0.15) is 5.84 Å². The Hall–Kier alpha value is 0.116. The van der Waals surface area contributed by atoms with Crippen LogP contribution in [0.5, 0.6) is 0 Å². The number of H-pyrrole nitrogens is 1. The van der Waals surface area contributed by atoms with Crippen LogP contribution in [-0.2, 0) is 0 Å². The number of nitrogens with zero attached hydrogens (tertiary/aromatic N) is 2. The quantitative estimate of drug-likeness (QED) is 0.261. The number of nitrogens with two attached hydrogens (primary N) is 1. The molecule has 1 aromatic rings. The van der Waals surface area contributed by atoms with Crippen LogP contribution < -0.4 is 57.1 Å². The van der Waals surface area contributed by atoms with Gasteiger partial charge < -0.3 is 16.1 Å². The second kappa shape index (κ2) is 4.89. The minimum absolute atomic E-state index is 0. The van der Waals surface area contributed by atoms with E-state index in [-0.39, 0.29) is 57.2 Å². The van der Waals surface area contributed by atoms with Gasteiger partial charge in [0, 0.05) is 11.8 Å². The van der Waals surface area contributed by atoms with Gasteiger partial charge >= 0.3 is 51.4 Å². The number of nitrogen functional groups attached to an aromatic ring is 1. The summed E-state index contributed by atoms with van der Waals surface area (Å²) in [6.07, 6.45) is 1.48. The predicted molar refractivity (Wildman–Crippen MR) is 38.5 cm³/mol. The SMILES string of the molecule is C[N-]c1[nH]ncc1C(=N)N.[K+]. The zero-order valence-electron chi connectivity index (χ0n) is 6.55. The summed E-state index contributed by atoms with van der Waals surface area (Å²) in [6, 6.07) is 0. The van der Waals surface area contributed by atoms with Crippen LogP contribution in [0.25, 0.3) is 5.32 Å². The van der Waals surface area contributed by atoms with E-state index in [0.717, 1.165) is 0 Å². The molecule has 0 fully saturated rings. The van der Waals surface area contributed by atoms with Gasteiger partial charge in [0.2, 0.25) is 0 Å². The Labute approximate surface area is 107 Å². The average molecular weight is 177 g/mol. The number of hydrogen-bond acceptors (Lipinski definition) is 2. The Kier molecular flexibility index (Phi) is 4.94. The molecule has 1 heterocycles. The maximum atomic E-state index is 7.05.